The number of hydrogen-bond donors (Lipinski definition) is 1. The molecule has 0 saturated heterocycles. The Balaban J connectivity index is 1.84. The minimum Gasteiger partial charge on any atom is -0.497 e. The normalized spacial score (nSPS) is 11.4. The summed E-state index contributed by atoms with van der Waals surface area (Å²) in [5, 5.41) is 1.05. The molecule has 1 aromatic heterocycles. The molecular formula is C15H20N2O2S. The molecular weight excluding hydrogens is 272 g/mol. The molecule has 1 aromatic carbocycles. The summed E-state index contributed by atoms with van der Waals surface area (Å²) in [4.78, 5) is 5.47. The van der Waals surface area contributed by atoms with E-state index >= 15 is 0 Å². The number of methoxy groups -OCH3 is 1. The van der Waals surface area contributed by atoms with Crippen LogP contribution >= 0.6 is 11.3 Å². The zero-order valence-corrected chi connectivity index (χ0v) is 12.9. The monoisotopic (exact) mass is 292 g/mol. The molecule has 0 unspecified atom stereocenters. The minimum atomic E-state index is -0.327. The quantitative estimate of drug-likeness (QED) is 0.889. The van der Waals surface area contributed by atoms with Crippen LogP contribution in [0.3, 0.4) is 0 Å². The lowest BCUT2D eigenvalue weighted by Gasteiger charge is -2.14. The fourth-order valence-corrected chi connectivity index (χ4v) is 2.56. The van der Waals surface area contributed by atoms with Crippen molar-refractivity contribution in [2.24, 2.45) is 5.73 Å². The van der Waals surface area contributed by atoms with Crippen molar-refractivity contribution in [2.45, 2.75) is 25.8 Å². The van der Waals surface area contributed by atoms with Gasteiger partial charge in [0.15, 0.2) is 0 Å². The van der Waals surface area contributed by atoms with Gasteiger partial charge in [0.2, 0.25) is 0 Å². The van der Waals surface area contributed by atoms with Crippen molar-refractivity contribution in [2.75, 3.05) is 13.7 Å². The van der Waals surface area contributed by atoms with E-state index in [0.29, 0.717) is 6.61 Å². The van der Waals surface area contributed by atoms with Gasteiger partial charge in [0, 0.05) is 23.0 Å². The number of thiazole rings is 1. The number of benzene rings is 1. The number of aromatic nitrogens is 1. The molecule has 2 N–H and O–H groups in total. The summed E-state index contributed by atoms with van der Waals surface area (Å²) >= 11 is 1.64. The third-order valence-electron chi connectivity index (χ3n) is 2.83. The van der Waals surface area contributed by atoms with E-state index < -0.39 is 0 Å². The Bertz CT molecular complexity index is 544. The number of rotatable bonds is 6. The largest absolute Gasteiger partial charge is 0.497 e. The first kappa shape index (κ1) is 14.8. The van der Waals surface area contributed by atoms with Crippen LogP contribution in [0.5, 0.6) is 11.5 Å². The van der Waals surface area contributed by atoms with Crippen molar-refractivity contribution >= 4 is 11.3 Å². The van der Waals surface area contributed by atoms with Gasteiger partial charge in [0.1, 0.15) is 11.5 Å². The zero-order chi connectivity index (χ0) is 14.6. The Hall–Kier alpha value is -1.59. The predicted octanol–water partition coefficient (Wildman–Crippen LogP) is 2.97. The van der Waals surface area contributed by atoms with Gasteiger partial charge in [0.05, 0.1) is 18.7 Å². The molecule has 5 heteroatoms. The topological polar surface area (TPSA) is 57.4 Å². The van der Waals surface area contributed by atoms with E-state index in [1.165, 1.54) is 0 Å². The van der Waals surface area contributed by atoms with Crippen LogP contribution in [0.4, 0.5) is 0 Å². The molecule has 0 fully saturated rings. The molecule has 4 nitrogen and oxygen atoms in total. The van der Waals surface area contributed by atoms with Crippen molar-refractivity contribution in [3.05, 3.63) is 40.3 Å². The fraction of sp³-hybridized carbons (Fsp3) is 0.400. The molecule has 2 aromatic rings. The molecule has 0 amide bonds. The van der Waals surface area contributed by atoms with Gasteiger partial charge in [0.25, 0.3) is 0 Å². The van der Waals surface area contributed by atoms with E-state index in [2.05, 4.69) is 4.98 Å². The SMILES string of the molecule is COc1ccc(OCCc2ncc(C(C)(C)N)s2)cc1. The first-order chi connectivity index (χ1) is 9.49. The molecule has 1 heterocycles. The average Bonchev–Trinajstić information content (AvgIpc) is 2.88. The molecule has 108 valence electrons. The molecule has 0 atom stereocenters. The Morgan fingerprint density at radius 3 is 2.40 bits per heavy atom. The van der Waals surface area contributed by atoms with Crippen LogP contribution in [0.25, 0.3) is 0 Å². The molecule has 0 aliphatic carbocycles. The van der Waals surface area contributed by atoms with E-state index in [1.807, 2.05) is 44.3 Å². The van der Waals surface area contributed by atoms with E-state index in [0.717, 1.165) is 27.8 Å². The number of hydrogen-bond acceptors (Lipinski definition) is 5. The third-order valence-corrected chi connectivity index (χ3v) is 4.23. The number of nitrogens with zero attached hydrogens (tertiary/aromatic N) is 1. The first-order valence-electron chi connectivity index (χ1n) is 6.50. The minimum absolute atomic E-state index is 0.327. The van der Waals surface area contributed by atoms with E-state index in [-0.39, 0.29) is 5.54 Å². The molecule has 0 bridgehead atoms. The lowest BCUT2D eigenvalue weighted by Crippen LogP contribution is -2.27. The smallest absolute Gasteiger partial charge is 0.119 e. The van der Waals surface area contributed by atoms with E-state index in [9.17, 15) is 0 Å². The number of ether oxygens (including phenoxy) is 2. The molecule has 0 saturated carbocycles. The predicted molar refractivity (Wildman–Crippen MR) is 81.5 cm³/mol. The fourth-order valence-electron chi connectivity index (χ4n) is 1.65. The summed E-state index contributed by atoms with van der Waals surface area (Å²) in [5.74, 6) is 1.66. The molecule has 20 heavy (non-hydrogen) atoms. The van der Waals surface area contributed by atoms with Gasteiger partial charge < -0.3 is 15.2 Å². The zero-order valence-electron chi connectivity index (χ0n) is 12.1. The highest BCUT2D eigenvalue weighted by molar-refractivity contribution is 7.11. The lowest BCUT2D eigenvalue weighted by atomic mass is 10.1. The second-order valence-corrected chi connectivity index (χ2v) is 6.23. The summed E-state index contributed by atoms with van der Waals surface area (Å²) < 4.78 is 10.8. The summed E-state index contributed by atoms with van der Waals surface area (Å²) in [6, 6.07) is 7.56. The van der Waals surface area contributed by atoms with E-state index in [1.54, 1.807) is 18.4 Å². The van der Waals surface area contributed by atoms with Gasteiger partial charge in [-0.15, -0.1) is 11.3 Å². The second kappa shape index (κ2) is 6.24. The molecule has 0 spiro atoms. The first-order valence-corrected chi connectivity index (χ1v) is 7.31. The van der Waals surface area contributed by atoms with Gasteiger partial charge in [-0.3, -0.25) is 0 Å². The molecule has 2 rings (SSSR count). The van der Waals surface area contributed by atoms with Crippen LogP contribution < -0.4 is 15.2 Å². The number of nitrogens with two attached hydrogens (primary N) is 1. The van der Waals surface area contributed by atoms with Gasteiger partial charge >= 0.3 is 0 Å². The van der Waals surface area contributed by atoms with E-state index in [4.69, 9.17) is 15.2 Å². The summed E-state index contributed by atoms with van der Waals surface area (Å²) in [7, 11) is 1.65. The maximum absolute atomic E-state index is 6.04. The summed E-state index contributed by atoms with van der Waals surface area (Å²) in [6.07, 6.45) is 2.64. The van der Waals surface area contributed by atoms with Crippen LogP contribution in [-0.2, 0) is 12.0 Å². The van der Waals surface area contributed by atoms with Crippen LogP contribution in [-0.4, -0.2) is 18.7 Å². The average molecular weight is 292 g/mol. The van der Waals surface area contributed by atoms with Gasteiger partial charge in [-0.1, -0.05) is 0 Å². The van der Waals surface area contributed by atoms with Crippen molar-refractivity contribution in [3.8, 4) is 11.5 Å². The Labute approximate surface area is 123 Å². The van der Waals surface area contributed by atoms with Crippen LogP contribution in [0.15, 0.2) is 30.5 Å². The highest BCUT2D eigenvalue weighted by Crippen LogP contribution is 2.24. The van der Waals surface area contributed by atoms with Crippen LogP contribution in [0.2, 0.25) is 0 Å². The maximum Gasteiger partial charge on any atom is 0.119 e. The molecule has 0 aliphatic rings. The molecule has 0 radical (unpaired) electrons. The second-order valence-electron chi connectivity index (χ2n) is 5.11. The highest BCUT2D eigenvalue weighted by atomic mass is 32.1. The van der Waals surface area contributed by atoms with Gasteiger partial charge in [-0.05, 0) is 38.1 Å². The van der Waals surface area contributed by atoms with Gasteiger partial charge in [-0.2, -0.15) is 0 Å². The summed E-state index contributed by atoms with van der Waals surface area (Å²) in [5.41, 5.74) is 5.72. The van der Waals surface area contributed by atoms with Crippen molar-refractivity contribution < 1.29 is 9.47 Å². The Morgan fingerprint density at radius 1 is 1.20 bits per heavy atom. The van der Waals surface area contributed by atoms with Crippen LogP contribution in [0.1, 0.15) is 23.7 Å². The maximum atomic E-state index is 6.04. The summed E-state index contributed by atoms with van der Waals surface area (Å²) in [6.45, 7) is 4.57. The molecule has 0 aliphatic heterocycles. The Kier molecular flexibility index (Phi) is 4.62. The van der Waals surface area contributed by atoms with Crippen LogP contribution in [0, 0.1) is 0 Å². The third kappa shape index (κ3) is 3.95. The van der Waals surface area contributed by atoms with Gasteiger partial charge in [-0.25, -0.2) is 4.98 Å². The standard InChI is InChI=1S/C15H20N2O2S/c1-15(2,16)13-10-17-14(20-13)8-9-19-12-6-4-11(18-3)5-7-12/h4-7,10H,8-9,16H2,1-3H3. The van der Waals surface area contributed by atoms with Crippen molar-refractivity contribution in [1.29, 1.82) is 0 Å². The lowest BCUT2D eigenvalue weighted by molar-refractivity contribution is 0.321. The Morgan fingerprint density at radius 2 is 1.85 bits per heavy atom. The van der Waals surface area contributed by atoms with Crippen molar-refractivity contribution in [1.82, 2.24) is 4.98 Å². The highest BCUT2D eigenvalue weighted by Gasteiger charge is 2.17. The van der Waals surface area contributed by atoms with Crippen molar-refractivity contribution in [3.63, 3.8) is 0 Å².